The van der Waals surface area contributed by atoms with Crippen molar-refractivity contribution in [2.45, 2.75) is 0 Å². The summed E-state index contributed by atoms with van der Waals surface area (Å²) >= 11 is 0. The van der Waals surface area contributed by atoms with Crippen LogP contribution in [0.1, 0.15) is 0 Å². The second kappa shape index (κ2) is 26.8. The molecule has 0 aliphatic rings. The van der Waals surface area contributed by atoms with Gasteiger partial charge in [-0.2, -0.15) is 0 Å². The Labute approximate surface area is 352 Å². The Morgan fingerprint density at radius 1 is 0.140 bits per heavy atom. The van der Waals surface area contributed by atoms with Gasteiger partial charge in [-0.25, -0.2) is 0 Å². The predicted octanol–water partition coefficient (Wildman–Crippen LogP) is 12.2. The van der Waals surface area contributed by atoms with Crippen LogP contribution < -0.4 is 39.1 Å². The smallest absolute Gasteiger partial charge is 0.290 e. The number of benzene rings is 8. The predicted molar refractivity (Wildman–Crippen MR) is 217 cm³/mol. The first-order chi connectivity index (χ1) is 27.8. The van der Waals surface area contributed by atoms with Gasteiger partial charge >= 0.3 is 26.2 Å². The van der Waals surface area contributed by atoms with Crippen molar-refractivity contribution < 1.29 is 65.3 Å². The molecule has 282 valence electrons. The summed E-state index contributed by atoms with van der Waals surface area (Å²) in [6, 6.07) is 75.1. The van der Waals surface area contributed by atoms with E-state index >= 15 is 0 Å². The zero-order valence-electron chi connectivity index (χ0n) is 30.9. The first kappa shape index (κ1) is 42.8. The minimum atomic E-state index is 0. The van der Waals surface area contributed by atoms with Gasteiger partial charge in [-0.15, -0.1) is 0 Å². The summed E-state index contributed by atoms with van der Waals surface area (Å²) < 4.78 is 0. The van der Waals surface area contributed by atoms with E-state index in [9.17, 15) is 0 Å². The van der Waals surface area contributed by atoms with Gasteiger partial charge in [0.25, 0.3) is 0 Å². The normalized spacial score (nSPS) is 9.26. The summed E-state index contributed by atoms with van der Waals surface area (Å²) in [5.41, 5.74) is 0. The number of para-hydroxylation sites is 8. The quantitative estimate of drug-likeness (QED) is 0.0890. The molecule has 0 saturated carbocycles. The first-order valence-electron chi connectivity index (χ1n) is 17.6. The zero-order valence-corrected chi connectivity index (χ0v) is 33.3. The van der Waals surface area contributed by atoms with Gasteiger partial charge in [-0.3, -0.25) is 39.1 Å². The molecular weight excluding hydrogens is 796 g/mol. The van der Waals surface area contributed by atoms with E-state index in [0.29, 0.717) is 46.0 Å². The van der Waals surface area contributed by atoms with Crippen LogP contribution in [0.2, 0.25) is 0 Å². The molecule has 9 heteroatoms. The summed E-state index contributed by atoms with van der Waals surface area (Å²) in [7, 11) is 0. The van der Waals surface area contributed by atoms with Crippen LogP contribution in [0.3, 0.4) is 0 Å². The molecule has 0 aromatic heterocycles. The second-order valence-electron chi connectivity index (χ2n) is 11.2. The third-order valence-corrected chi connectivity index (χ3v) is 6.88. The van der Waals surface area contributed by atoms with E-state index in [0.717, 1.165) is 0 Å². The van der Waals surface area contributed by atoms with Gasteiger partial charge in [0, 0.05) is 0 Å². The maximum atomic E-state index is 5.09. The first-order valence-corrected chi connectivity index (χ1v) is 17.6. The molecule has 0 aliphatic heterocycles. The van der Waals surface area contributed by atoms with Crippen LogP contribution in [0.15, 0.2) is 243 Å². The van der Waals surface area contributed by atoms with Crippen molar-refractivity contribution >= 4 is 0 Å². The van der Waals surface area contributed by atoms with E-state index in [1.165, 1.54) is 0 Å². The van der Waals surface area contributed by atoms with Crippen molar-refractivity contribution in [2.24, 2.45) is 0 Å². The van der Waals surface area contributed by atoms with Gasteiger partial charge in [-0.05, 0) is 97.1 Å². The Balaban J connectivity index is 0.000000167. The van der Waals surface area contributed by atoms with Gasteiger partial charge in [0.2, 0.25) is 0 Å². The molecule has 8 aromatic carbocycles. The maximum absolute atomic E-state index is 5.09. The molecule has 0 heterocycles. The monoisotopic (exact) mass is 834 g/mol. The average molecular weight is 836 g/mol. The van der Waals surface area contributed by atoms with Crippen LogP contribution in [0.4, 0.5) is 0 Å². The van der Waals surface area contributed by atoms with Crippen LogP contribution in [0.25, 0.3) is 0 Å². The Bertz CT molecular complexity index is 1650. The fourth-order valence-corrected chi connectivity index (χ4v) is 4.19. The van der Waals surface area contributed by atoms with Crippen LogP contribution in [-0.2, 0) is 26.2 Å². The molecule has 0 atom stereocenters. The van der Waals surface area contributed by atoms with E-state index in [1.54, 1.807) is 0 Å². The van der Waals surface area contributed by atoms with Crippen molar-refractivity contribution in [1.29, 1.82) is 0 Å². The fraction of sp³-hybridized carbons (Fsp3) is 0. The van der Waals surface area contributed by atoms with Crippen molar-refractivity contribution in [3.63, 3.8) is 0 Å². The Kier molecular flexibility index (Phi) is 20.1. The van der Waals surface area contributed by atoms with Gasteiger partial charge < -0.3 is 0 Å². The number of rotatable bonds is 12. The second-order valence-corrected chi connectivity index (χ2v) is 11.2. The molecule has 0 bridgehead atoms. The Morgan fingerprint density at radius 3 is 0.316 bits per heavy atom. The third kappa shape index (κ3) is 18.3. The van der Waals surface area contributed by atoms with E-state index in [1.807, 2.05) is 243 Å². The standard InChI is InChI=1S/4C12H10O2.Zr/c4*1-3-7-11(8-4-1)13-14-12-9-5-2-6-10-12;/h4*1-10H;/q;;;;+2. The SMILES string of the molecule is [Zr+2].c1ccc(OOc2ccccc2)cc1.c1ccc(OOc2ccccc2)cc1.c1ccc(OOc2ccccc2)cc1.c1ccc(OOc2ccccc2)cc1. The largest absolute Gasteiger partial charge is 2.00 e. The average Bonchev–Trinajstić information content (AvgIpc) is 3.30. The summed E-state index contributed by atoms with van der Waals surface area (Å²) in [6.07, 6.45) is 0. The maximum Gasteiger partial charge on any atom is 2.00 e. The molecule has 8 aromatic rings. The van der Waals surface area contributed by atoms with Crippen molar-refractivity contribution in [2.75, 3.05) is 0 Å². The van der Waals surface area contributed by atoms with Crippen molar-refractivity contribution in [3.05, 3.63) is 243 Å². The molecule has 0 saturated heterocycles. The van der Waals surface area contributed by atoms with Crippen LogP contribution in [0.5, 0.6) is 46.0 Å². The van der Waals surface area contributed by atoms with Gasteiger partial charge in [0.05, 0.1) is 0 Å². The van der Waals surface area contributed by atoms with E-state index in [-0.39, 0.29) is 26.2 Å². The summed E-state index contributed by atoms with van der Waals surface area (Å²) in [5, 5.41) is 0. The molecule has 0 N–H and O–H groups in total. The third-order valence-electron chi connectivity index (χ3n) is 6.88. The Hall–Kier alpha value is -6.96. The van der Waals surface area contributed by atoms with Gasteiger partial charge in [0.1, 0.15) is 0 Å². The van der Waals surface area contributed by atoms with Crippen molar-refractivity contribution in [3.8, 4) is 46.0 Å². The molecular formula is C48H40O8Zr+2. The molecule has 8 rings (SSSR count). The fourth-order valence-electron chi connectivity index (χ4n) is 4.19. The summed E-state index contributed by atoms with van der Waals surface area (Å²) in [4.78, 5) is 40.7. The molecule has 0 fully saturated rings. The minimum Gasteiger partial charge on any atom is -0.290 e. The molecule has 0 aliphatic carbocycles. The minimum absolute atomic E-state index is 0. The van der Waals surface area contributed by atoms with Crippen LogP contribution in [0, 0.1) is 0 Å². The van der Waals surface area contributed by atoms with E-state index in [4.69, 9.17) is 39.1 Å². The molecule has 0 amide bonds. The number of hydrogen-bond donors (Lipinski definition) is 0. The van der Waals surface area contributed by atoms with E-state index < -0.39 is 0 Å². The van der Waals surface area contributed by atoms with Gasteiger partial charge in [0.15, 0.2) is 46.0 Å². The van der Waals surface area contributed by atoms with Crippen LogP contribution >= 0.6 is 0 Å². The molecule has 8 nitrogen and oxygen atoms in total. The van der Waals surface area contributed by atoms with Crippen molar-refractivity contribution in [1.82, 2.24) is 0 Å². The number of hydrogen-bond acceptors (Lipinski definition) is 8. The summed E-state index contributed by atoms with van der Waals surface area (Å²) in [6.45, 7) is 0. The molecule has 0 spiro atoms. The summed E-state index contributed by atoms with van der Waals surface area (Å²) in [5.74, 6) is 5.53. The molecule has 57 heavy (non-hydrogen) atoms. The zero-order chi connectivity index (χ0) is 38.6. The van der Waals surface area contributed by atoms with E-state index in [2.05, 4.69) is 0 Å². The topological polar surface area (TPSA) is 73.8 Å². The van der Waals surface area contributed by atoms with Crippen LogP contribution in [-0.4, -0.2) is 0 Å². The molecule has 0 unspecified atom stereocenters. The van der Waals surface area contributed by atoms with Gasteiger partial charge in [-0.1, -0.05) is 146 Å². The Morgan fingerprint density at radius 2 is 0.228 bits per heavy atom. The molecule has 0 radical (unpaired) electrons.